The number of aryl methyl sites for hydroxylation is 1. The number of rotatable bonds is 2. The number of aromatic nitrogens is 2. The highest BCUT2D eigenvalue weighted by Gasteiger charge is 2.25. The molecular weight excluding hydrogens is 335 g/mol. The predicted octanol–water partition coefficient (Wildman–Crippen LogP) is 2.82. The zero-order chi connectivity index (χ0) is 15.7. The van der Waals surface area contributed by atoms with E-state index in [1.165, 1.54) is 0 Å². The number of halogens is 2. The minimum atomic E-state index is 0. The average Bonchev–Trinajstić information content (AvgIpc) is 2.89. The Morgan fingerprint density at radius 3 is 2.70 bits per heavy atom. The van der Waals surface area contributed by atoms with Gasteiger partial charge in [0.15, 0.2) is 0 Å². The minimum absolute atomic E-state index is 0. The Labute approximate surface area is 146 Å². The Kier molecular flexibility index (Phi) is 5.68. The van der Waals surface area contributed by atoms with Crippen LogP contribution in [0.4, 0.5) is 0 Å². The molecule has 0 bridgehead atoms. The first-order chi connectivity index (χ1) is 10.5. The number of piperidine rings is 1. The van der Waals surface area contributed by atoms with Gasteiger partial charge in [-0.2, -0.15) is 5.10 Å². The summed E-state index contributed by atoms with van der Waals surface area (Å²) >= 11 is 5.90. The molecule has 1 fully saturated rings. The molecule has 1 aromatic heterocycles. The quantitative estimate of drug-likeness (QED) is 0.901. The van der Waals surface area contributed by atoms with E-state index in [-0.39, 0.29) is 24.4 Å². The number of carbonyl (C=O) groups is 1. The molecule has 1 aliphatic rings. The first kappa shape index (κ1) is 17.8. The molecule has 124 valence electrons. The number of hydrogen-bond donors (Lipinski definition) is 1. The van der Waals surface area contributed by atoms with Gasteiger partial charge in [0.1, 0.15) is 0 Å². The number of amides is 1. The molecule has 2 aromatic rings. The van der Waals surface area contributed by atoms with Gasteiger partial charge in [0.25, 0.3) is 5.91 Å². The fourth-order valence-electron chi connectivity index (χ4n) is 2.76. The highest BCUT2D eigenvalue weighted by Crippen LogP contribution is 2.18. The van der Waals surface area contributed by atoms with E-state index in [0.717, 1.165) is 30.8 Å². The van der Waals surface area contributed by atoms with Crippen molar-refractivity contribution in [3.63, 3.8) is 0 Å². The third kappa shape index (κ3) is 3.86. The van der Waals surface area contributed by atoms with Crippen LogP contribution in [0.25, 0.3) is 5.69 Å². The molecule has 1 atom stereocenters. The van der Waals surface area contributed by atoms with E-state index in [9.17, 15) is 4.79 Å². The summed E-state index contributed by atoms with van der Waals surface area (Å²) in [5.74, 6) is 0.00728. The van der Waals surface area contributed by atoms with Crippen molar-refractivity contribution in [2.45, 2.75) is 25.8 Å². The number of likely N-dealkylation sites (tertiary alicyclic amines) is 1. The minimum Gasteiger partial charge on any atom is -0.337 e. The van der Waals surface area contributed by atoms with Crippen LogP contribution in [-0.4, -0.2) is 39.7 Å². The monoisotopic (exact) mass is 354 g/mol. The lowest BCUT2D eigenvalue weighted by Gasteiger charge is -2.30. The Hall–Kier alpha value is -1.56. The second kappa shape index (κ2) is 7.34. The van der Waals surface area contributed by atoms with Gasteiger partial charge in [-0.1, -0.05) is 11.6 Å². The van der Waals surface area contributed by atoms with Crippen molar-refractivity contribution in [3.8, 4) is 5.69 Å². The van der Waals surface area contributed by atoms with E-state index in [4.69, 9.17) is 17.3 Å². The van der Waals surface area contributed by atoms with Crippen LogP contribution in [0.15, 0.2) is 30.5 Å². The van der Waals surface area contributed by atoms with Crippen LogP contribution in [0, 0.1) is 6.92 Å². The molecule has 2 N–H and O–H groups in total. The number of carbonyl (C=O) groups excluding carboxylic acids is 1. The lowest BCUT2D eigenvalue weighted by Crippen LogP contribution is -2.45. The maximum atomic E-state index is 12.7. The maximum Gasteiger partial charge on any atom is 0.257 e. The smallest absolute Gasteiger partial charge is 0.257 e. The molecular formula is C16H20Cl2N4O. The number of hydrogen-bond acceptors (Lipinski definition) is 3. The van der Waals surface area contributed by atoms with Crippen molar-refractivity contribution in [3.05, 3.63) is 46.7 Å². The molecule has 0 spiro atoms. The van der Waals surface area contributed by atoms with Crippen LogP contribution in [0.2, 0.25) is 5.02 Å². The van der Waals surface area contributed by atoms with E-state index in [2.05, 4.69) is 5.10 Å². The molecule has 0 radical (unpaired) electrons. The van der Waals surface area contributed by atoms with Crippen molar-refractivity contribution in [2.24, 2.45) is 5.73 Å². The first-order valence-corrected chi connectivity index (χ1v) is 7.79. The van der Waals surface area contributed by atoms with Gasteiger partial charge >= 0.3 is 0 Å². The summed E-state index contributed by atoms with van der Waals surface area (Å²) in [5.41, 5.74) is 8.19. The van der Waals surface area contributed by atoms with Gasteiger partial charge < -0.3 is 10.6 Å². The van der Waals surface area contributed by atoms with Crippen molar-refractivity contribution in [1.29, 1.82) is 0 Å². The summed E-state index contributed by atoms with van der Waals surface area (Å²) in [5, 5.41) is 5.11. The summed E-state index contributed by atoms with van der Waals surface area (Å²) in [6.07, 6.45) is 3.71. The fourth-order valence-corrected chi connectivity index (χ4v) is 2.89. The summed E-state index contributed by atoms with van der Waals surface area (Å²) in [6.45, 7) is 3.23. The van der Waals surface area contributed by atoms with Crippen LogP contribution in [0.3, 0.4) is 0 Å². The van der Waals surface area contributed by atoms with E-state index in [0.29, 0.717) is 17.1 Å². The third-order valence-corrected chi connectivity index (χ3v) is 4.22. The summed E-state index contributed by atoms with van der Waals surface area (Å²) < 4.78 is 1.71. The van der Waals surface area contributed by atoms with E-state index in [1.807, 2.05) is 24.0 Å². The number of nitrogens with two attached hydrogens (primary N) is 1. The maximum absolute atomic E-state index is 12.7. The molecule has 23 heavy (non-hydrogen) atoms. The Morgan fingerprint density at radius 1 is 1.35 bits per heavy atom. The van der Waals surface area contributed by atoms with Gasteiger partial charge in [-0.25, -0.2) is 4.68 Å². The molecule has 7 heteroatoms. The normalized spacial score (nSPS) is 17.7. The topological polar surface area (TPSA) is 64.2 Å². The van der Waals surface area contributed by atoms with E-state index < -0.39 is 0 Å². The summed E-state index contributed by atoms with van der Waals surface area (Å²) in [6, 6.07) is 7.43. The van der Waals surface area contributed by atoms with Crippen LogP contribution in [-0.2, 0) is 0 Å². The highest BCUT2D eigenvalue weighted by molar-refractivity contribution is 6.30. The zero-order valence-corrected chi connectivity index (χ0v) is 14.5. The van der Waals surface area contributed by atoms with Gasteiger partial charge in [0.05, 0.1) is 16.9 Å². The molecule has 2 heterocycles. The van der Waals surface area contributed by atoms with Crippen LogP contribution in [0.1, 0.15) is 28.9 Å². The van der Waals surface area contributed by atoms with Gasteiger partial charge in [-0.05, 0) is 44.0 Å². The molecule has 5 nitrogen and oxygen atoms in total. The number of nitrogens with zero attached hydrogens (tertiary/aromatic N) is 3. The molecule has 0 saturated carbocycles. The summed E-state index contributed by atoms with van der Waals surface area (Å²) in [7, 11) is 0. The molecule has 1 aliphatic heterocycles. The Balaban J connectivity index is 0.00000192. The van der Waals surface area contributed by atoms with E-state index in [1.54, 1.807) is 23.0 Å². The standard InChI is InChI=1S/C16H19ClN4O.ClH/c1-11-15(16(22)20-8-2-3-13(18)9-20)10-21(19-11)14-6-4-12(17)5-7-14;/h4-7,10,13H,2-3,8-9,18H2,1H3;1H. The SMILES string of the molecule is Cc1nn(-c2ccc(Cl)cc2)cc1C(=O)N1CCCC(N)C1.Cl. The fraction of sp³-hybridized carbons (Fsp3) is 0.375. The van der Waals surface area contributed by atoms with Gasteiger partial charge in [-0.3, -0.25) is 4.79 Å². The van der Waals surface area contributed by atoms with Gasteiger partial charge in [0, 0.05) is 30.4 Å². The molecule has 1 saturated heterocycles. The van der Waals surface area contributed by atoms with Crippen molar-refractivity contribution < 1.29 is 4.79 Å². The summed E-state index contributed by atoms with van der Waals surface area (Å²) in [4.78, 5) is 14.5. The Bertz CT molecular complexity index is 684. The van der Waals surface area contributed by atoms with Gasteiger partial charge in [-0.15, -0.1) is 12.4 Å². The Morgan fingerprint density at radius 2 is 2.04 bits per heavy atom. The lowest BCUT2D eigenvalue weighted by molar-refractivity contribution is 0.0708. The van der Waals surface area contributed by atoms with Crippen molar-refractivity contribution in [2.75, 3.05) is 13.1 Å². The largest absolute Gasteiger partial charge is 0.337 e. The van der Waals surface area contributed by atoms with Crippen LogP contribution < -0.4 is 5.73 Å². The first-order valence-electron chi connectivity index (χ1n) is 7.41. The van der Waals surface area contributed by atoms with Crippen molar-refractivity contribution in [1.82, 2.24) is 14.7 Å². The molecule has 1 aromatic carbocycles. The highest BCUT2D eigenvalue weighted by atomic mass is 35.5. The molecule has 0 aliphatic carbocycles. The predicted molar refractivity (Wildman–Crippen MR) is 93.7 cm³/mol. The molecule has 1 unspecified atom stereocenters. The average molecular weight is 355 g/mol. The lowest BCUT2D eigenvalue weighted by atomic mass is 10.1. The van der Waals surface area contributed by atoms with Crippen LogP contribution >= 0.6 is 24.0 Å². The number of benzene rings is 1. The van der Waals surface area contributed by atoms with Gasteiger partial charge in [0.2, 0.25) is 0 Å². The second-order valence-corrected chi connectivity index (χ2v) is 6.14. The molecule has 1 amide bonds. The van der Waals surface area contributed by atoms with Crippen molar-refractivity contribution >= 4 is 29.9 Å². The zero-order valence-electron chi connectivity index (χ0n) is 12.9. The second-order valence-electron chi connectivity index (χ2n) is 5.70. The van der Waals surface area contributed by atoms with E-state index >= 15 is 0 Å². The molecule has 3 rings (SSSR count). The third-order valence-electron chi connectivity index (χ3n) is 3.97. The van der Waals surface area contributed by atoms with Crippen LogP contribution in [0.5, 0.6) is 0 Å².